The van der Waals surface area contributed by atoms with Gasteiger partial charge in [0.2, 0.25) is 0 Å². The van der Waals surface area contributed by atoms with Crippen LogP contribution in [0.4, 0.5) is 26.3 Å². The SMILES string of the molecule is CC(C)[SiH](C(C)C)C(C)C.ClCCl.O=C(O)C(F)(F)F.OCC(F)(F)F. The summed E-state index contributed by atoms with van der Waals surface area (Å²) in [6, 6.07) is 0. The number of carboxylic acids is 1. The Balaban J connectivity index is -0.000000134. The van der Waals surface area contributed by atoms with Crippen molar-refractivity contribution >= 4 is 38.0 Å². The molecule has 2 N–H and O–H groups in total. The van der Waals surface area contributed by atoms with Crippen molar-refractivity contribution in [3.8, 4) is 0 Å². The number of halogens is 8. The van der Waals surface area contributed by atoms with E-state index < -0.39 is 33.7 Å². The van der Waals surface area contributed by atoms with Crippen LogP contribution in [0, 0.1) is 0 Å². The summed E-state index contributed by atoms with van der Waals surface area (Å²) in [4.78, 5) is 8.90. The molecule has 0 saturated carbocycles. The number of rotatable bonds is 3. The summed E-state index contributed by atoms with van der Waals surface area (Å²) in [6.45, 7) is 12.6. The zero-order chi connectivity index (χ0) is 22.3. The van der Waals surface area contributed by atoms with E-state index in [1.54, 1.807) is 0 Å². The maximum absolute atomic E-state index is 10.6. The summed E-state index contributed by atoms with van der Waals surface area (Å²) >= 11 is 9.53. The largest absolute Gasteiger partial charge is 0.490 e. The van der Waals surface area contributed by atoms with Crippen LogP contribution in [-0.4, -0.2) is 49.3 Å². The Labute approximate surface area is 162 Å². The predicted molar refractivity (Wildman–Crippen MR) is 95.8 cm³/mol. The molecule has 0 amide bonds. The molecule has 0 aromatic rings. The summed E-state index contributed by atoms with van der Waals surface area (Å²) in [6.07, 6.45) is -9.49. The second kappa shape index (κ2) is 16.9. The van der Waals surface area contributed by atoms with E-state index in [1.807, 2.05) is 0 Å². The van der Waals surface area contributed by atoms with E-state index in [2.05, 4.69) is 41.5 Å². The van der Waals surface area contributed by atoms with Gasteiger partial charge in [-0.25, -0.2) is 4.79 Å². The summed E-state index contributed by atoms with van der Waals surface area (Å²) < 4.78 is 63.3. The van der Waals surface area contributed by atoms with Crippen molar-refractivity contribution in [2.24, 2.45) is 0 Å². The van der Waals surface area contributed by atoms with Gasteiger partial charge in [0.1, 0.15) is 6.61 Å². The first kappa shape index (κ1) is 33.4. The molecule has 3 nitrogen and oxygen atoms in total. The second-order valence-electron chi connectivity index (χ2n) is 5.99. The average Bonchev–Trinajstić information content (AvgIpc) is 2.37. The number of hydrogen-bond donors (Lipinski definition) is 2. The Hall–Kier alpha value is -0.193. The second-order valence-corrected chi connectivity index (χ2v) is 11.9. The van der Waals surface area contributed by atoms with Crippen molar-refractivity contribution in [2.75, 3.05) is 11.9 Å². The van der Waals surface area contributed by atoms with Crippen LogP contribution in [0.5, 0.6) is 0 Å². The molecule has 0 spiro atoms. The van der Waals surface area contributed by atoms with Gasteiger partial charge in [0.25, 0.3) is 0 Å². The van der Waals surface area contributed by atoms with Crippen LogP contribution >= 0.6 is 23.2 Å². The lowest BCUT2D eigenvalue weighted by molar-refractivity contribution is -0.192. The Morgan fingerprint density at radius 1 is 0.885 bits per heavy atom. The molecule has 0 fully saturated rings. The van der Waals surface area contributed by atoms with Crippen molar-refractivity contribution in [1.82, 2.24) is 0 Å². The number of aliphatic hydroxyl groups excluding tert-OH is 1. The Bertz CT molecular complexity index is 319. The molecule has 0 saturated heterocycles. The molecule has 0 bridgehead atoms. The minimum atomic E-state index is -5.08. The molecule has 0 heterocycles. The summed E-state index contributed by atoms with van der Waals surface area (Å²) in [5, 5.41) is 14.6. The van der Waals surface area contributed by atoms with E-state index in [4.69, 9.17) is 38.2 Å². The van der Waals surface area contributed by atoms with Gasteiger partial charge in [-0.15, -0.1) is 23.2 Å². The lowest BCUT2D eigenvalue weighted by atomic mass is 10.5. The van der Waals surface area contributed by atoms with Crippen molar-refractivity contribution in [3.05, 3.63) is 0 Å². The normalized spacial score (nSPS) is 11.3. The highest BCUT2D eigenvalue weighted by Crippen LogP contribution is 2.29. The fourth-order valence-electron chi connectivity index (χ4n) is 2.31. The predicted octanol–water partition coefficient (Wildman–Crippen LogP) is 6.04. The molecule has 0 aliphatic heterocycles. The van der Waals surface area contributed by atoms with Gasteiger partial charge < -0.3 is 10.2 Å². The molecule has 0 unspecified atom stereocenters. The third-order valence-corrected chi connectivity index (χ3v) is 7.35. The zero-order valence-corrected chi connectivity index (χ0v) is 18.2. The number of aliphatic carboxylic acids is 1. The van der Waals surface area contributed by atoms with Crippen molar-refractivity contribution in [2.45, 2.75) is 70.5 Å². The van der Waals surface area contributed by atoms with E-state index in [9.17, 15) is 26.3 Å². The Kier molecular flexibility index (Phi) is 21.8. The van der Waals surface area contributed by atoms with Gasteiger partial charge in [0, 0.05) is 8.80 Å². The van der Waals surface area contributed by atoms with Crippen LogP contribution in [0.3, 0.4) is 0 Å². The molecule has 0 aromatic heterocycles. The number of carboxylic acid groups (broad SMARTS) is 1. The van der Waals surface area contributed by atoms with Crippen LogP contribution in [0.1, 0.15) is 41.5 Å². The van der Waals surface area contributed by atoms with Gasteiger partial charge in [0.05, 0.1) is 5.34 Å². The summed E-state index contributed by atoms with van der Waals surface area (Å²) in [5.74, 6) is -2.76. The molecule has 0 aromatic carbocycles. The number of carbonyl (C=O) groups is 1. The van der Waals surface area contributed by atoms with Crippen molar-refractivity contribution in [1.29, 1.82) is 0 Å². The standard InChI is InChI=1S/C9H22Si.C2HF3O2.C2H3F3O.CH2Cl2/c1-7(2)10(8(3)4)9(5)6;3-2(4,5)1(6)7;3-2(4,5)1-6;2-1-3/h7-10H,1-6H3;(H,6,7);6H,1H2;1H2. The van der Waals surface area contributed by atoms with Crippen molar-refractivity contribution in [3.63, 3.8) is 0 Å². The van der Waals surface area contributed by atoms with Crippen LogP contribution < -0.4 is 0 Å². The molecular formula is C14H28Cl2F6O3Si. The highest BCUT2D eigenvalue weighted by molar-refractivity contribution is 6.63. The molecule has 26 heavy (non-hydrogen) atoms. The lowest BCUT2D eigenvalue weighted by Gasteiger charge is -2.26. The molecule has 0 atom stereocenters. The quantitative estimate of drug-likeness (QED) is 0.309. The number of aliphatic hydroxyl groups is 1. The van der Waals surface area contributed by atoms with Crippen LogP contribution in [0.2, 0.25) is 16.6 Å². The third-order valence-electron chi connectivity index (χ3n) is 2.73. The fraction of sp³-hybridized carbons (Fsp3) is 0.929. The number of hydrogen-bond acceptors (Lipinski definition) is 2. The molecule has 0 radical (unpaired) electrons. The monoisotopic (exact) mass is 456 g/mol. The molecule has 0 aliphatic rings. The highest BCUT2D eigenvalue weighted by Gasteiger charge is 2.38. The molecule has 0 aliphatic carbocycles. The summed E-state index contributed by atoms with van der Waals surface area (Å²) in [5.41, 5.74) is 2.92. The van der Waals surface area contributed by atoms with Gasteiger partial charge >= 0.3 is 18.3 Å². The first-order valence-corrected chi connectivity index (χ1v) is 10.5. The number of alkyl halides is 8. The van der Waals surface area contributed by atoms with Crippen LogP contribution in [0.15, 0.2) is 0 Å². The topological polar surface area (TPSA) is 57.5 Å². The summed E-state index contributed by atoms with van der Waals surface area (Å²) in [7, 11) is -0.454. The lowest BCUT2D eigenvalue weighted by Crippen LogP contribution is -2.24. The van der Waals surface area contributed by atoms with Gasteiger partial charge in [-0.05, 0) is 0 Å². The van der Waals surface area contributed by atoms with Crippen molar-refractivity contribution < 1.29 is 41.4 Å². The minimum Gasteiger partial charge on any atom is -0.475 e. The maximum atomic E-state index is 10.6. The van der Waals surface area contributed by atoms with Gasteiger partial charge in [0.15, 0.2) is 0 Å². The van der Waals surface area contributed by atoms with E-state index >= 15 is 0 Å². The Morgan fingerprint density at radius 3 is 1.04 bits per heavy atom. The average molecular weight is 457 g/mol. The van der Waals surface area contributed by atoms with Crippen LogP contribution in [0.25, 0.3) is 0 Å². The first-order chi connectivity index (χ1) is 11.4. The van der Waals surface area contributed by atoms with E-state index in [-0.39, 0.29) is 5.34 Å². The molecule has 162 valence electrons. The van der Waals surface area contributed by atoms with Gasteiger partial charge in [-0.3, -0.25) is 0 Å². The molecular weight excluding hydrogens is 429 g/mol. The van der Waals surface area contributed by atoms with E-state index in [0.29, 0.717) is 0 Å². The molecule has 0 rings (SSSR count). The van der Waals surface area contributed by atoms with E-state index in [1.165, 1.54) is 0 Å². The zero-order valence-electron chi connectivity index (χ0n) is 15.6. The van der Waals surface area contributed by atoms with E-state index in [0.717, 1.165) is 16.6 Å². The van der Waals surface area contributed by atoms with Crippen LogP contribution in [-0.2, 0) is 4.79 Å². The smallest absolute Gasteiger partial charge is 0.475 e. The Morgan fingerprint density at radius 2 is 1.04 bits per heavy atom. The fourth-order valence-corrected chi connectivity index (χ4v) is 6.93. The van der Waals surface area contributed by atoms with Gasteiger partial charge in [-0.1, -0.05) is 58.2 Å². The highest BCUT2D eigenvalue weighted by atomic mass is 35.5. The molecule has 12 heteroatoms. The van der Waals surface area contributed by atoms with Gasteiger partial charge in [-0.2, -0.15) is 26.3 Å². The minimum absolute atomic E-state index is 0.194. The first-order valence-electron chi connectivity index (χ1n) is 7.48. The third kappa shape index (κ3) is 28.6. The maximum Gasteiger partial charge on any atom is 0.490 e.